The van der Waals surface area contributed by atoms with Gasteiger partial charge in [-0.05, 0) is 6.26 Å². The molecule has 1 N–H and O–H groups in total. The number of thioether (sulfide) groups is 1. The van der Waals surface area contributed by atoms with Gasteiger partial charge in [-0.3, -0.25) is 0 Å². The highest BCUT2D eigenvalue weighted by Crippen LogP contribution is 2.10. The third-order valence-electron chi connectivity index (χ3n) is 2.51. The summed E-state index contributed by atoms with van der Waals surface area (Å²) in [6, 6.07) is -0.115. The summed E-state index contributed by atoms with van der Waals surface area (Å²) in [5, 5.41) is 6.98. The van der Waals surface area contributed by atoms with E-state index in [2.05, 4.69) is 15.5 Å². The number of sulfone groups is 1. The molecule has 2 rings (SSSR count). The Labute approximate surface area is 104 Å². The van der Waals surface area contributed by atoms with Gasteiger partial charge in [-0.1, -0.05) is 5.16 Å². The van der Waals surface area contributed by atoms with Gasteiger partial charge in [0.15, 0.2) is 15.7 Å². The van der Waals surface area contributed by atoms with Gasteiger partial charge in [0.25, 0.3) is 0 Å². The standard InChI is InChI=1S/C9H15N3O3S2/c1-16-5-8-11-9(15-12-8)4-7-6-17(13,14)3-2-10-7/h7,10H,2-6H2,1H3. The number of hydrogen-bond acceptors (Lipinski definition) is 7. The fourth-order valence-corrected chi connectivity index (χ4v) is 3.59. The van der Waals surface area contributed by atoms with Crippen molar-refractivity contribution in [3.63, 3.8) is 0 Å². The molecule has 1 aliphatic heterocycles. The van der Waals surface area contributed by atoms with Gasteiger partial charge < -0.3 is 9.84 Å². The maximum absolute atomic E-state index is 11.4. The van der Waals surface area contributed by atoms with Crippen LogP contribution in [-0.4, -0.2) is 48.9 Å². The van der Waals surface area contributed by atoms with Gasteiger partial charge in [0, 0.05) is 19.0 Å². The molecular weight excluding hydrogens is 262 g/mol. The quantitative estimate of drug-likeness (QED) is 0.820. The lowest BCUT2D eigenvalue weighted by Gasteiger charge is -2.21. The van der Waals surface area contributed by atoms with E-state index in [0.29, 0.717) is 30.4 Å². The smallest absolute Gasteiger partial charge is 0.228 e. The Balaban J connectivity index is 1.95. The zero-order valence-electron chi connectivity index (χ0n) is 9.55. The molecule has 0 aliphatic carbocycles. The van der Waals surface area contributed by atoms with Crippen LogP contribution < -0.4 is 5.32 Å². The van der Waals surface area contributed by atoms with Crippen LogP contribution in [0.15, 0.2) is 4.52 Å². The average molecular weight is 277 g/mol. The molecule has 0 amide bonds. The van der Waals surface area contributed by atoms with Crippen molar-refractivity contribution in [1.82, 2.24) is 15.5 Å². The van der Waals surface area contributed by atoms with Crippen LogP contribution in [0.1, 0.15) is 11.7 Å². The van der Waals surface area contributed by atoms with E-state index in [4.69, 9.17) is 4.52 Å². The van der Waals surface area contributed by atoms with Crippen molar-refractivity contribution in [1.29, 1.82) is 0 Å². The molecule has 1 fully saturated rings. The van der Waals surface area contributed by atoms with Gasteiger partial charge in [-0.15, -0.1) is 0 Å². The molecule has 8 heteroatoms. The number of nitrogens with one attached hydrogen (secondary N) is 1. The summed E-state index contributed by atoms with van der Waals surface area (Å²) in [4.78, 5) is 4.21. The minimum absolute atomic E-state index is 0.115. The molecule has 17 heavy (non-hydrogen) atoms. The fourth-order valence-electron chi connectivity index (χ4n) is 1.77. The highest BCUT2D eigenvalue weighted by molar-refractivity contribution is 7.97. The average Bonchev–Trinajstić information content (AvgIpc) is 2.64. The van der Waals surface area contributed by atoms with Gasteiger partial charge in [0.2, 0.25) is 5.89 Å². The van der Waals surface area contributed by atoms with Crippen molar-refractivity contribution < 1.29 is 12.9 Å². The first-order valence-corrected chi connectivity index (χ1v) is 8.55. The van der Waals surface area contributed by atoms with E-state index in [-0.39, 0.29) is 17.5 Å². The van der Waals surface area contributed by atoms with Gasteiger partial charge in [-0.25, -0.2) is 8.42 Å². The van der Waals surface area contributed by atoms with E-state index in [0.717, 1.165) is 0 Å². The van der Waals surface area contributed by atoms with Crippen molar-refractivity contribution in [2.75, 3.05) is 24.3 Å². The number of rotatable bonds is 4. The molecule has 1 unspecified atom stereocenters. The van der Waals surface area contributed by atoms with Gasteiger partial charge in [-0.2, -0.15) is 16.7 Å². The van der Waals surface area contributed by atoms with Crippen LogP contribution >= 0.6 is 11.8 Å². The highest BCUT2D eigenvalue weighted by Gasteiger charge is 2.25. The Morgan fingerprint density at radius 3 is 3.12 bits per heavy atom. The van der Waals surface area contributed by atoms with E-state index >= 15 is 0 Å². The largest absolute Gasteiger partial charge is 0.339 e. The second-order valence-corrected chi connectivity index (χ2v) is 7.10. The van der Waals surface area contributed by atoms with Crippen LogP contribution in [0.5, 0.6) is 0 Å². The topological polar surface area (TPSA) is 85.1 Å². The van der Waals surface area contributed by atoms with E-state index in [1.165, 1.54) is 0 Å². The SMILES string of the molecule is CSCc1noc(CC2CS(=O)(=O)CCN2)n1. The minimum atomic E-state index is -2.91. The van der Waals surface area contributed by atoms with Crippen LogP contribution in [0.3, 0.4) is 0 Å². The molecule has 1 saturated heterocycles. The monoisotopic (exact) mass is 277 g/mol. The third-order valence-corrected chi connectivity index (χ3v) is 4.79. The molecule has 0 radical (unpaired) electrons. The summed E-state index contributed by atoms with van der Waals surface area (Å²) in [6.07, 6.45) is 2.44. The van der Waals surface area contributed by atoms with Crippen molar-refractivity contribution in [3.8, 4) is 0 Å². The first-order valence-electron chi connectivity index (χ1n) is 5.33. The normalized spacial score (nSPS) is 23.7. The molecule has 0 spiro atoms. The second-order valence-electron chi connectivity index (χ2n) is 4.01. The Hall–Kier alpha value is -0.600. The molecular formula is C9H15N3O3S2. The Kier molecular flexibility index (Phi) is 4.05. The predicted octanol–water partition coefficient (Wildman–Crippen LogP) is -0.138. The van der Waals surface area contributed by atoms with Gasteiger partial charge in [0.1, 0.15) is 0 Å². The molecule has 1 aromatic rings. The highest BCUT2D eigenvalue weighted by atomic mass is 32.2. The van der Waals surface area contributed by atoms with Crippen molar-refractivity contribution in [2.24, 2.45) is 0 Å². The predicted molar refractivity (Wildman–Crippen MR) is 65.7 cm³/mol. The van der Waals surface area contributed by atoms with E-state index in [9.17, 15) is 8.42 Å². The Morgan fingerprint density at radius 1 is 1.59 bits per heavy atom. The summed E-state index contributed by atoms with van der Waals surface area (Å²) in [5.74, 6) is 2.23. The molecule has 6 nitrogen and oxygen atoms in total. The first-order chi connectivity index (χ1) is 8.09. The number of hydrogen-bond donors (Lipinski definition) is 1. The van der Waals surface area contributed by atoms with Crippen molar-refractivity contribution in [2.45, 2.75) is 18.2 Å². The summed E-state index contributed by atoms with van der Waals surface area (Å²) in [6.45, 7) is 0.499. The molecule has 1 atom stereocenters. The number of aromatic nitrogens is 2. The zero-order chi connectivity index (χ0) is 12.3. The molecule has 1 aromatic heterocycles. The van der Waals surface area contributed by atoms with Crippen LogP contribution in [0, 0.1) is 0 Å². The van der Waals surface area contributed by atoms with Crippen LogP contribution in [0.2, 0.25) is 0 Å². The number of nitrogens with zero attached hydrogens (tertiary/aromatic N) is 2. The zero-order valence-corrected chi connectivity index (χ0v) is 11.2. The molecule has 0 bridgehead atoms. The Bertz CT molecular complexity index is 472. The van der Waals surface area contributed by atoms with Crippen LogP contribution in [-0.2, 0) is 22.0 Å². The first kappa shape index (κ1) is 12.8. The molecule has 0 aromatic carbocycles. The van der Waals surface area contributed by atoms with E-state index in [1.54, 1.807) is 11.8 Å². The van der Waals surface area contributed by atoms with Gasteiger partial charge in [0.05, 0.1) is 17.3 Å². The fraction of sp³-hybridized carbons (Fsp3) is 0.778. The summed E-state index contributed by atoms with van der Waals surface area (Å²) in [7, 11) is -2.91. The third kappa shape index (κ3) is 3.68. The van der Waals surface area contributed by atoms with Crippen LogP contribution in [0.25, 0.3) is 0 Å². The lowest BCUT2D eigenvalue weighted by atomic mass is 10.2. The molecule has 96 valence electrons. The van der Waals surface area contributed by atoms with E-state index in [1.807, 2.05) is 6.26 Å². The minimum Gasteiger partial charge on any atom is -0.339 e. The lowest BCUT2D eigenvalue weighted by molar-refractivity contribution is 0.358. The second kappa shape index (κ2) is 5.36. The van der Waals surface area contributed by atoms with Crippen molar-refractivity contribution >= 4 is 21.6 Å². The van der Waals surface area contributed by atoms with E-state index < -0.39 is 9.84 Å². The van der Waals surface area contributed by atoms with Gasteiger partial charge >= 0.3 is 0 Å². The molecule has 1 aliphatic rings. The van der Waals surface area contributed by atoms with Crippen molar-refractivity contribution in [3.05, 3.63) is 11.7 Å². The lowest BCUT2D eigenvalue weighted by Crippen LogP contribution is -2.46. The summed E-state index contributed by atoms with van der Waals surface area (Å²) in [5.41, 5.74) is 0. The molecule has 0 saturated carbocycles. The molecule has 2 heterocycles. The Morgan fingerprint density at radius 2 is 2.41 bits per heavy atom. The summed E-state index contributed by atoms with van der Waals surface area (Å²) < 4.78 is 28.0. The van der Waals surface area contributed by atoms with Crippen LogP contribution in [0.4, 0.5) is 0 Å². The maximum Gasteiger partial charge on any atom is 0.228 e. The summed E-state index contributed by atoms with van der Waals surface area (Å²) >= 11 is 1.62. The maximum atomic E-state index is 11.4.